The number of morpholine rings is 1. The number of amides is 2. The van der Waals surface area contributed by atoms with E-state index in [-0.39, 0.29) is 24.5 Å². The molecule has 2 N–H and O–H groups in total. The number of nitrogens with zero attached hydrogens (tertiary/aromatic N) is 1. The van der Waals surface area contributed by atoms with Gasteiger partial charge in [0, 0.05) is 19.0 Å². The van der Waals surface area contributed by atoms with E-state index in [2.05, 4.69) is 5.32 Å². The molecule has 2 amide bonds. The van der Waals surface area contributed by atoms with Gasteiger partial charge in [-0.15, -0.1) is 0 Å². The summed E-state index contributed by atoms with van der Waals surface area (Å²) in [7, 11) is 0. The molecule has 2 rings (SSSR count). The van der Waals surface area contributed by atoms with Gasteiger partial charge in [0.25, 0.3) is 0 Å². The van der Waals surface area contributed by atoms with Crippen LogP contribution in [0.2, 0.25) is 0 Å². The van der Waals surface area contributed by atoms with Crippen LogP contribution in [0.4, 0.5) is 4.79 Å². The molecule has 1 fully saturated rings. The fourth-order valence-electron chi connectivity index (χ4n) is 2.94. The van der Waals surface area contributed by atoms with Crippen LogP contribution in [-0.4, -0.2) is 53.8 Å². The maximum atomic E-state index is 12.6. The van der Waals surface area contributed by atoms with Crippen molar-refractivity contribution in [2.24, 2.45) is 0 Å². The van der Waals surface area contributed by atoms with Crippen molar-refractivity contribution >= 4 is 12.0 Å². The van der Waals surface area contributed by atoms with Crippen LogP contribution in [0, 0.1) is 0 Å². The number of urea groups is 1. The quantitative estimate of drug-likeness (QED) is 0.802. The van der Waals surface area contributed by atoms with Gasteiger partial charge in [-0.05, 0) is 24.8 Å². The minimum Gasteiger partial charge on any atom is -0.481 e. The third-order valence-corrected chi connectivity index (χ3v) is 4.32. The number of rotatable bonds is 7. The fraction of sp³-hybridized carbons (Fsp3) is 0.556. The van der Waals surface area contributed by atoms with Crippen molar-refractivity contribution in [2.45, 2.75) is 44.7 Å². The van der Waals surface area contributed by atoms with Gasteiger partial charge >= 0.3 is 12.0 Å². The molecule has 0 aromatic heterocycles. The van der Waals surface area contributed by atoms with Crippen molar-refractivity contribution in [3.8, 4) is 0 Å². The topological polar surface area (TPSA) is 78.9 Å². The van der Waals surface area contributed by atoms with Crippen molar-refractivity contribution in [1.29, 1.82) is 0 Å². The molecular formula is C18H26N2O4. The number of hydrogen-bond donors (Lipinski definition) is 2. The lowest BCUT2D eigenvalue weighted by atomic mass is 10.0. The van der Waals surface area contributed by atoms with Gasteiger partial charge in [-0.1, -0.05) is 37.3 Å². The Morgan fingerprint density at radius 1 is 1.38 bits per heavy atom. The molecule has 6 nitrogen and oxygen atoms in total. The second kappa shape index (κ2) is 9.27. The van der Waals surface area contributed by atoms with E-state index in [0.717, 1.165) is 12.0 Å². The Morgan fingerprint density at radius 3 is 2.79 bits per heavy atom. The molecule has 24 heavy (non-hydrogen) atoms. The predicted molar refractivity (Wildman–Crippen MR) is 90.9 cm³/mol. The maximum absolute atomic E-state index is 12.6. The predicted octanol–water partition coefficient (Wildman–Crippen LogP) is 2.28. The van der Waals surface area contributed by atoms with E-state index in [0.29, 0.717) is 32.6 Å². The first kappa shape index (κ1) is 18.3. The molecular weight excluding hydrogens is 308 g/mol. The Balaban J connectivity index is 2.00. The molecule has 1 aromatic carbocycles. The number of hydrogen-bond acceptors (Lipinski definition) is 3. The zero-order valence-electron chi connectivity index (χ0n) is 14.1. The summed E-state index contributed by atoms with van der Waals surface area (Å²) in [6.07, 6.45) is 1.92. The third kappa shape index (κ3) is 5.53. The zero-order valence-corrected chi connectivity index (χ0v) is 14.1. The molecule has 0 aliphatic carbocycles. The van der Waals surface area contributed by atoms with E-state index in [4.69, 9.17) is 9.84 Å². The summed E-state index contributed by atoms with van der Waals surface area (Å²) < 4.78 is 5.43. The molecule has 1 heterocycles. The van der Waals surface area contributed by atoms with Crippen molar-refractivity contribution in [2.75, 3.05) is 19.8 Å². The Hall–Kier alpha value is -2.08. The first-order chi connectivity index (χ1) is 11.6. The van der Waals surface area contributed by atoms with Crippen molar-refractivity contribution in [3.63, 3.8) is 0 Å². The number of carboxylic acid groups (broad SMARTS) is 1. The Labute approximate surface area is 142 Å². The van der Waals surface area contributed by atoms with Gasteiger partial charge in [-0.2, -0.15) is 0 Å². The molecule has 2 unspecified atom stereocenters. The van der Waals surface area contributed by atoms with Gasteiger partial charge in [0.15, 0.2) is 0 Å². The number of carbonyl (C=O) groups is 2. The molecule has 0 saturated carbocycles. The van der Waals surface area contributed by atoms with Crippen LogP contribution in [0.1, 0.15) is 31.7 Å². The van der Waals surface area contributed by atoms with Gasteiger partial charge in [-0.25, -0.2) is 4.79 Å². The van der Waals surface area contributed by atoms with Gasteiger partial charge in [0.05, 0.1) is 19.3 Å². The normalized spacial score (nSPS) is 18.9. The van der Waals surface area contributed by atoms with E-state index < -0.39 is 5.97 Å². The Morgan fingerprint density at radius 2 is 2.12 bits per heavy atom. The van der Waals surface area contributed by atoms with Crippen LogP contribution in [-0.2, 0) is 16.0 Å². The van der Waals surface area contributed by atoms with E-state index in [1.165, 1.54) is 0 Å². The molecule has 0 radical (unpaired) electrons. The number of carboxylic acids is 1. The average molecular weight is 334 g/mol. The van der Waals surface area contributed by atoms with Gasteiger partial charge in [-0.3, -0.25) is 4.79 Å². The largest absolute Gasteiger partial charge is 0.481 e. The fourth-order valence-corrected chi connectivity index (χ4v) is 2.94. The molecule has 1 aliphatic heterocycles. The number of ether oxygens (including phenoxy) is 1. The highest BCUT2D eigenvalue weighted by Crippen LogP contribution is 2.13. The molecule has 2 atom stereocenters. The average Bonchev–Trinajstić information content (AvgIpc) is 2.60. The summed E-state index contributed by atoms with van der Waals surface area (Å²) in [5.41, 5.74) is 1.09. The molecule has 0 bridgehead atoms. The highest BCUT2D eigenvalue weighted by Gasteiger charge is 2.27. The van der Waals surface area contributed by atoms with E-state index in [9.17, 15) is 9.59 Å². The minimum absolute atomic E-state index is 0.0398. The number of carbonyl (C=O) groups excluding carboxylic acids is 1. The molecule has 1 aromatic rings. The Bertz CT molecular complexity index is 535. The van der Waals surface area contributed by atoms with Gasteiger partial charge < -0.3 is 20.1 Å². The Kier molecular flexibility index (Phi) is 7.06. The summed E-state index contributed by atoms with van der Waals surface area (Å²) >= 11 is 0. The molecule has 132 valence electrons. The third-order valence-electron chi connectivity index (χ3n) is 4.32. The highest BCUT2D eigenvalue weighted by molar-refractivity contribution is 5.75. The first-order valence-corrected chi connectivity index (χ1v) is 8.50. The number of aliphatic carboxylic acids is 1. The van der Waals surface area contributed by atoms with Gasteiger partial charge in [0.2, 0.25) is 0 Å². The number of nitrogens with one attached hydrogen (secondary N) is 1. The lowest BCUT2D eigenvalue weighted by Crippen LogP contribution is -2.54. The molecule has 0 spiro atoms. The summed E-state index contributed by atoms with van der Waals surface area (Å²) in [6.45, 7) is 3.71. The molecule has 1 aliphatic rings. The lowest BCUT2D eigenvalue weighted by Gasteiger charge is -2.36. The van der Waals surface area contributed by atoms with Crippen molar-refractivity contribution in [3.05, 3.63) is 35.9 Å². The van der Waals surface area contributed by atoms with Crippen molar-refractivity contribution in [1.82, 2.24) is 10.2 Å². The van der Waals surface area contributed by atoms with Crippen LogP contribution in [0.3, 0.4) is 0 Å². The molecule has 6 heteroatoms. The first-order valence-electron chi connectivity index (χ1n) is 8.50. The van der Waals surface area contributed by atoms with Crippen LogP contribution >= 0.6 is 0 Å². The van der Waals surface area contributed by atoms with Crippen LogP contribution in [0.25, 0.3) is 0 Å². The van der Waals surface area contributed by atoms with Crippen LogP contribution < -0.4 is 5.32 Å². The standard InChI is InChI=1S/C18H26N2O4/c1-2-16-13-24-11-10-20(16)18(23)19-15(8-9-17(21)22)12-14-6-4-3-5-7-14/h3-7,15-16H,2,8-13H2,1H3,(H,19,23)(H,21,22). The van der Waals surface area contributed by atoms with Gasteiger partial charge in [0.1, 0.15) is 0 Å². The monoisotopic (exact) mass is 334 g/mol. The molecule has 1 saturated heterocycles. The van der Waals surface area contributed by atoms with E-state index in [1.807, 2.05) is 42.2 Å². The summed E-state index contributed by atoms with van der Waals surface area (Å²) in [5.74, 6) is -0.847. The highest BCUT2D eigenvalue weighted by atomic mass is 16.5. The smallest absolute Gasteiger partial charge is 0.318 e. The minimum atomic E-state index is -0.847. The second-order valence-corrected chi connectivity index (χ2v) is 6.10. The summed E-state index contributed by atoms with van der Waals surface area (Å²) in [6, 6.07) is 9.56. The van der Waals surface area contributed by atoms with E-state index >= 15 is 0 Å². The zero-order chi connectivity index (χ0) is 17.4. The number of benzene rings is 1. The summed E-state index contributed by atoms with van der Waals surface area (Å²) in [4.78, 5) is 25.3. The SMILES string of the molecule is CCC1COCCN1C(=O)NC(CCC(=O)O)Cc1ccccc1. The van der Waals surface area contributed by atoms with Crippen LogP contribution in [0.5, 0.6) is 0 Å². The van der Waals surface area contributed by atoms with E-state index in [1.54, 1.807) is 0 Å². The second-order valence-electron chi connectivity index (χ2n) is 6.10. The van der Waals surface area contributed by atoms with Crippen molar-refractivity contribution < 1.29 is 19.4 Å². The van der Waals surface area contributed by atoms with Crippen LogP contribution in [0.15, 0.2) is 30.3 Å². The maximum Gasteiger partial charge on any atom is 0.318 e. The summed E-state index contributed by atoms with van der Waals surface area (Å²) in [5, 5.41) is 12.0. The lowest BCUT2D eigenvalue weighted by molar-refractivity contribution is -0.137.